The van der Waals surface area contributed by atoms with Crippen LogP contribution in [0.25, 0.3) is 11.3 Å². The highest BCUT2D eigenvalue weighted by Gasteiger charge is 2.52. The molecule has 0 radical (unpaired) electrons. The second-order valence-corrected chi connectivity index (χ2v) is 8.62. The average molecular weight is 349 g/mol. The number of hydrogen-bond donors (Lipinski definition) is 1. The molecule has 0 spiro atoms. The number of aromatic carboxylic acids is 1. The number of carbonyl (C=O) groups is 1. The van der Waals surface area contributed by atoms with Crippen molar-refractivity contribution in [1.29, 1.82) is 0 Å². The molecule has 4 bridgehead atoms. The first kappa shape index (κ1) is 15.9. The van der Waals surface area contributed by atoms with Crippen LogP contribution in [0.5, 0.6) is 0 Å². The van der Waals surface area contributed by atoms with E-state index in [4.69, 9.17) is 0 Å². The Hall–Kier alpha value is -2.36. The standard InChI is InChI=1S/C22H23NO3/c24-20-9-19(17-4-2-1-3-5-17)23(13-18(20)21(25)26)22-10-14-6-15(11-22)8-16(7-14)12-22/h1-5,9,13-16H,6-8,10-12H2,(H,25,26). The zero-order valence-electron chi connectivity index (χ0n) is 14.7. The molecular weight excluding hydrogens is 326 g/mol. The number of rotatable bonds is 3. The summed E-state index contributed by atoms with van der Waals surface area (Å²) in [5.74, 6) is 1.11. The number of benzene rings is 1. The van der Waals surface area contributed by atoms with Gasteiger partial charge in [-0.05, 0) is 61.8 Å². The van der Waals surface area contributed by atoms with E-state index >= 15 is 0 Å². The Morgan fingerprint density at radius 3 is 2.12 bits per heavy atom. The van der Waals surface area contributed by atoms with Crippen molar-refractivity contribution in [2.75, 3.05) is 0 Å². The lowest BCUT2D eigenvalue weighted by molar-refractivity contribution is -0.0425. The monoisotopic (exact) mass is 349 g/mol. The summed E-state index contributed by atoms with van der Waals surface area (Å²) in [5.41, 5.74) is 1.30. The molecule has 1 N–H and O–H groups in total. The first-order valence-electron chi connectivity index (χ1n) is 9.60. The second kappa shape index (κ2) is 5.57. The van der Waals surface area contributed by atoms with E-state index in [1.165, 1.54) is 25.3 Å². The topological polar surface area (TPSA) is 59.3 Å². The number of aromatic nitrogens is 1. The Morgan fingerprint density at radius 2 is 1.58 bits per heavy atom. The molecule has 0 aliphatic heterocycles. The molecular formula is C22H23NO3. The Bertz CT molecular complexity index is 893. The van der Waals surface area contributed by atoms with Gasteiger partial charge in [-0.25, -0.2) is 4.79 Å². The van der Waals surface area contributed by atoms with Gasteiger partial charge in [0.2, 0.25) is 0 Å². The van der Waals surface area contributed by atoms with Crippen molar-refractivity contribution < 1.29 is 9.90 Å². The third-order valence-electron chi connectivity index (χ3n) is 6.87. The minimum atomic E-state index is -1.13. The van der Waals surface area contributed by atoms with Crippen molar-refractivity contribution in [2.45, 2.75) is 44.1 Å². The zero-order valence-corrected chi connectivity index (χ0v) is 14.7. The summed E-state index contributed by atoms with van der Waals surface area (Å²) < 4.78 is 2.18. The summed E-state index contributed by atoms with van der Waals surface area (Å²) >= 11 is 0. The molecule has 134 valence electrons. The molecule has 0 unspecified atom stereocenters. The van der Waals surface area contributed by atoms with E-state index in [2.05, 4.69) is 4.57 Å². The predicted octanol–water partition coefficient (Wildman–Crippen LogP) is 4.14. The summed E-state index contributed by atoms with van der Waals surface area (Å²) in [5, 5.41) is 9.52. The molecule has 1 aromatic carbocycles. The quantitative estimate of drug-likeness (QED) is 0.906. The maximum absolute atomic E-state index is 12.4. The van der Waals surface area contributed by atoms with Crippen LogP contribution in [0.15, 0.2) is 47.4 Å². The van der Waals surface area contributed by atoms with Crippen molar-refractivity contribution in [3.63, 3.8) is 0 Å². The van der Waals surface area contributed by atoms with Crippen molar-refractivity contribution in [1.82, 2.24) is 4.57 Å². The maximum Gasteiger partial charge on any atom is 0.341 e. The van der Waals surface area contributed by atoms with E-state index in [1.807, 2.05) is 30.3 Å². The molecule has 4 saturated carbocycles. The van der Waals surface area contributed by atoms with E-state index in [1.54, 1.807) is 6.20 Å². The van der Waals surface area contributed by atoms with Gasteiger partial charge in [-0.3, -0.25) is 4.79 Å². The number of pyridine rings is 1. The molecule has 4 aliphatic rings. The van der Waals surface area contributed by atoms with Crippen molar-refractivity contribution in [3.05, 3.63) is 58.4 Å². The van der Waals surface area contributed by atoms with Gasteiger partial charge in [-0.2, -0.15) is 0 Å². The molecule has 4 aliphatic carbocycles. The predicted molar refractivity (Wildman–Crippen MR) is 99.2 cm³/mol. The smallest absolute Gasteiger partial charge is 0.341 e. The van der Waals surface area contributed by atoms with Gasteiger partial charge in [0.25, 0.3) is 0 Å². The molecule has 4 nitrogen and oxygen atoms in total. The fraction of sp³-hybridized carbons (Fsp3) is 0.455. The highest BCUT2D eigenvalue weighted by molar-refractivity contribution is 5.87. The first-order valence-corrected chi connectivity index (χ1v) is 9.60. The van der Waals surface area contributed by atoms with Crippen molar-refractivity contribution >= 4 is 5.97 Å². The summed E-state index contributed by atoms with van der Waals surface area (Å²) in [4.78, 5) is 24.1. The summed E-state index contributed by atoms with van der Waals surface area (Å²) in [6.07, 6.45) is 8.95. The normalized spacial score (nSPS) is 31.9. The van der Waals surface area contributed by atoms with Crippen LogP contribution in [0.1, 0.15) is 48.9 Å². The second-order valence-electron chi connectivity index (χ2n) is 8.62. The molecule has 0 amide bonds. The van der Waals surface area contributed by atoms with Crippen LogP contribution in [-0.4, -0.2) is 15.6 Å². The minimum absolute atomic E-state index is 0.0299. The van der Waals surface area contributed by atoms with Gasteiger partial charge in [-0.1, -0.05) is 30.3 Å². The van der Waals surface area contributed by atoms with Gasteiger partial charge in [0.05, 0.1) is 5.69 Å². The summed E-state index contributed by atoms with van der Waals surface area (Å²) in [7, 11) is 0. The van der Waals surface area contributed by atoms with Crippen molar-refractivity contribution in [2.24, 2.45) is 17.8 Å². The third kappa shape index (κ3) is 2.35. The largest absolute Gasteiger partial charge is 0.477 e. The Balaban J connectivity index is 1.73. The van der Waals surface area contributed by atoms with Crippen LogP contribution in [0.2, 0.25) is 0 Å². The number of nitrogens with zero attached hydrogens (tertiary/aromatic N) is 1. The fourth-order valence-electron chi connectivity index (χ4n) is 6.28. The van der Waals surface area contributed by atoms with Crippen LogP contribution in [0.3, 0.4) is 0 Å². The van der Waals surface area contributed by atoms with Gasteiger partial charge < -0.3 is 9.67 Å². The molecule has 4 fully saturated rings. The third-order valence-corrected chi connectivity index (χ3v) is 6.87. The highest BCUT2D eigenvalue weighted by Crippen LogP contribution is 2.59. The Labute approximate surface area is 152 Å². The molecule has 1 heterocycles. The molecule has 4 heteroatoms. The zero-order chi connectivity index (χ0) is 17.9. The summed E-state index contributed by atoms with van der Waals surface area (Å²) in [6.45, 7) is 0. The Kier molecular flexibility index (Phi) is 3.40. The summed E-state index contributed by atoms with van der Waals surface area (Å²) in [6, 6.07) is 11.4. The van der Waals surface area contributed by atoms with Gasteiger partial charge >= 0.3 is 5.97 Å². The van der Waals surface area contributed by atoms with Gasteiger partial charge in [0.1, 0.15) is 5.56 Å². The van der Waals surface area contributed by atoms with Crippen LogP contribution in [0.4, 0.5) is 0 Å². The van der Waals surface area contributed by atoms with E-state index < -0.39 is 11.4 Å². The van der Waals surface area contributed by atoms with Gasteiger partial charge in [-0.15, -0.1) is 0 Å². The van der Waals surface area contributed by atoms with Gasteiger partial charge in [0.15, 0.2) is 5.43 Å². The Morgan fingerprint density at radius 1 is 1.00 bits per heavy atom. The molecule has 0 atom stereocenters. The molecule has 6 rings (SSSR count). The molecule has 0 saturated heterocycles. The maximum atomic E-state index is 12.4. The van der Waals surface area contributed by atoms with E-state index in [-0.39, 0.29) is 11.1 Å². The highest BCUT2D eigenvalue weighted by atomic mass is 16.4. The van der Waals surface area contributed by atoms with Crippen LogP contribution in [0, 0.1) is 17.8 Å². The number of carboxylic acids is 1. The molecule has 26 heavy (non-hydrogen) atoms. The minimum Gasteiger partial charge on any atom is -0.477 e. The van der Waals surface area contributed by atoms with E-state index in [0.717, 1.165) is 48.3 Å². The lowest BCUT2D eigenvalue weighted by atomic mass is 9.52. The fourth-order valence-corrected chi connectivity index (χ4v) is 6.28. The average Bonchev–Trinajstić information content (AvgIpc) is 2.60. The van der Waals surface area contributed by atoms with Crippen LogP contribution >= 0.6 is 0 Å². The van der Waals surface area contributed by atoms with E-state index in [9.17, 15) is 14.7 Å². The lowest BCUT2D eigenvalue weighted by Crippen LogP contribution is -2.52. The molecule has 2 aromatic rings. The molecule has 1 aromatic heterocycles. The first-order chi connectivity index (χ1) is 12.5. The lowest BCUT2D eigenvalue weighted by Gasteiger charge is -2.58. The number of hydrogen-bond acceptors (Lipinski definition) is 2. The van der Waals surface area contributed by atoms with E-state index in [0.29, 0.717) is 0 Å². The number of carboxylic acid groups (broad SMARTS) is 1. The van der Waals surface area contributed by atoms with Crippen molar-refractivity contribution in [3.8, 4) is 11.3 Å². The van der Waals surface area contributed by atoms with Gasteiger partial charge in [0, 0.05) is 17.8 Å². The van der Waals surface area contributed by atoms with Crippen LogP contribution in [-0.2, 0) is 5.54 Å². The van der Waals surface area contributed by atoms with Crippen LogP contribution < -0.4 is 5.43 Å². The SMILES string of the molecule is O=C(O)c1cn(C23CC4CC(CC(C4)C2)C3)c(-c2ccccc2)cc1=O.